The van der Waals surface area contributed by atoms with Gasteiger partial charge in [0.25, 0.3) is 0 Å². The average molecular weight is 364 g/mol. The van der Waals surface area contributed by atoms with Crippen molar-refractivity contribution in [1.29, 1.82) is 0 Å². The molecule has 0 bridgehead atoms. The van der Waals surface area contributed by atoms with Crippen LogP contribution in [0.1, 0.15) is 25.8 Å². The number of benzene rings is 1. The molecule has 1 unspecified atom stereocenters. The summed E-state index contributed by atoms with van der Waals surface area (Å²) in [5, 5.41) is 12.3. The summed E-state index contributed by atoms with van der Waals surface area (Å²) in [6, 6.07) is 2.76. The topological polar surface area (TPSA) is 58.6 Å². The van der Waals surface area contributed by atoms with E-state index in [0.717, 1.165) is 12.5 Å². The molecule has 0 spiro atoms. The van der Waals surface area contributed by atoms with Gasteiger partial charge in [-0.15, -0.1) is 0 Å². The SMILES string of the molecule is CC(C)CCNc1cc2c(cc1Cl)C=C(C(=O)O)C(C(F)(F)F)O2. The molecule has 0 saturated heterocycles. The van der Waals surface area contributed by atoms with Crippen LogP contribution >= 0.6 is 11.6 Å². The Kier molecular flexibility index (Phi) is 5.32. The first-order chi connectivity index (χ1) is 11.1. The summed E-state index contributed by atoms with van der Waals surface area (Å²) >= 11 is 6.11. The van der Waals surface area contributed by atoms with Crippen molar-refractivity contribution in [1.82, 2.24) is 0 Å². The van der Waals surface area contributed by atoms with Crippen molar-refractivity contribution in [3.63, 3.8) is 0 Å². The molecule has 0 amide bonds. The Balaban J connectivity index is 2.34. The van der Waals surface area contributed by atoms with Crippen LogP contribution in [-0.4, -0.2) is 29.9 Å². The quantitative estimate of drug-likeness (QED) is 0.803. The molecule has 1 aromatic carbocycles. The van der Waals surface area contributed by atoms with Crippen LogP contribution in [0.5, 0.6) is 5.75 Å². The van der Waals surface area contributed by atoms with Gasteiger partial charge in [0.05, 0.1) is 16.3 Å². The standard InChI is InChI=1S/C16H17ClF3NO3/c1-8(2)3-4-21-12-7-13-9(6-11(12)17)5-10(15(22)23)14(24-13)16(18,19)20/h5-8,14,21H,3-4H2,1-2H3,(H,22,23). The van der Waals surface area contributed by atoms with E-state index < -0.39 is 23.8 Å². The number of hydrogen-bond donors (Lipinski definition) is 2. The lowest BCUT2D eigenvalue weighted by Crippen LogP contribution is -2.40. The molecule has 0 saturated carbocycles. The fraction of sp³-hybridized carbons (Fsp3) is 0.438. The van der Waals surface area contributed by atoms with Crippen LogP contribution in [0.2, 0.25) is 5.02 Å². The number of fused-ring (bicyclic) bond motifs is 1. The number of ether oxygens (including phenoxy) is 1. The van der Waals surface area contributed by atoms with Crippen LogP contribution in [0.4, 0.5) is 18.9 Å². The van der Waals surface area contributed by atoms with E-state index in [1.807, 2.05) is 13.8 Å². The molecule has 132 valence electrons. The number of aliphatic carboxylic acids is 1. The molecule has 8 heteroatoms. The maximum absolute atomic E-state index is 13.0. The number of hydrogen-bond acceptors (Lipinski definition) is 3. The highest BCUT2D eigenvalue weighted by molar-refractivity contribution is 6.33. The van der Waals surface area contributed by atoms with Crippen LogP contribution in [0, 0.1) is 5.92 Å². The van der Waals surface area contributed by atoms with Crippen LogP contribution < -0.4 is 10.1 Å². The van der Waals surface area contributed by atoms with Crippen LogP contribution in [0.25, 0.3) is 6.08 Å². The summed E-state index contributed by atoms with van der Waals surface area (Å²) < 4.78 is 44.1. The predicted octanol–water partition coefficient (Wildman–Crippen LogP) is 4.59. The third-order valence-electron chi connectivity index (χ3n) is 3.52. The Hall–Kier alpha value is -1.89. The number of carboxylic acids is 1. The smallest absolute Gasteiger partial charge is 0.430 e. The van der Waals surface area contributed by atoms with Crippen molar-refractivity contribution in [2.45, 2.75) is 32.5 Å². The highest BCUT2D eigenvalue weighted by atomic mass is 35.5. The van der Waals surface area contributed by atoms with Gasteiger partial charge in [-0.25, -0.2) is 4.79 Å². The van der Waals surface area contributed by atoms with Crippen molar-refractivity contribution >= 4 is 29.3 Å². The van der Waals surface area contributed by atoms with Crippen LogP contribution in [0.3, 0.4) is 0 Å². The summed E-state index contributed by atoms with van der Waals surface area (Å²) in [5.74, 6) is -1.28. The van der Waals surface area contributed by atoms with Crippen LogP contribution in [-0.2, 0) is 4.79 Å². The highest BCUT2D eigenvalue weighted by Crippen LogP contribution is 2.40. The Labute approximate surface area is 142 Å². The minimum atomic E-state index is -4.83. The maximum Gasteiger partial charge on any atom is 0.430 e. The lowest BCUT2D eigenvalue weighted by Gasteiger charge is -2.27. The van der Waals surface area contributed by atoms with Gasteiger partial charge in [0.2, 0.25) is 6.10 Å². The molecule has 0 fully saturated rings. The molecule has 1 aromatic rings. The highest BCUT2D eigenvalue weighted by Gasteiger charge is 2.48. The molecule has 1 atom stereocenters. The second-order valence-electron chi connectivity index (χ2n) is 5.92. The summed E-state index contributed by atoms with van der Waals surface area (Å²) in [5.41, 5.74) is -0.219. The van der Waals surface area contributed by atoms with Gasteiger partial charge < -0.3 is 15.2 Å². The third-order valence-corrected chi connectivity index (χ3v) is 3.83. The molecule has 4 nitrogen and oxygen atoms in total. The van der Waals surface area contributed by atoms with Crippen molar-refractivity contribution in [3.05, 3.63) is 28.3 Å². The second kappa shape index (κ2) is 6.93. The predicted molar refractivity (Wildman–Crippen MR) is 85.5 cm³/mol. The Morgan fingerprint density at radius 3 is 2.62 bits per heavy atom. The Morgan fingerprint density at radius 1 is 1.42 bits per heavy atom. The first-order valence-corrected chi connectivity index (χ1v) is 7.73. The van der Waals surface area contributed by atoms with Crippen molar-refractivity contribution < 1.29 is 27.8 Å². The second-order valence-corrected chi connectivity index (χ2v) is 6.33. The van der Waals surface area contributed by atoms with E-state index in [2.05, 4.69) is 5.32 Å². The van der Waals surface area contributed by atoms with Gasteiger partial charge >= 0.3 is 12.1 Å². The largest absolute Gasteiger partial charge is 0.478 e. The number of nitrogens with one attached hydrogen (secondary N) is 1. The minimum absolute atomic E-state index is 0.0567. The number of halogens is 4. The zero-order chi connectivity index (χ0) is 18.1. The van der Waals surface area contributed by atoms with E-state index in [1.54, 1.807) is 0 Å². The lowest BCUT2D eigenvalue weighted by molar-refractivity contribution is -0.187. The molecule has 0 aromatic heterocycles. The number of anilines is 1. The zero-order valence-corrected chi connectivity index (χ0v) is 13.8. The van der Waals surface area contributed by atoms with E-state index in [9.17, 15) is 18.0 Å². The van der Waals surface area contributed by atoms with E-state index >= 15 is 0 Å². The number of carboxylic acid groups (broad SMARTS) is 1. The molecule has 0 radical (unpaired) electrons. The fourth-order valence-corrected chi connectivity index (χ4v) is 2.50. The summed E-state index contributed by atoms with van der Waals surface area (Å²) in [6.07, 6.45) is -5.52. The van der Waals surface area contributed by atoms with Crippen molar-refractivity contribution in [2.24, 2.45) is 5.92 Å². The number of rotatable bonds is 5. The minimum Gasteiger partial charge on any atom is -0.478 e. The van der Waals surface area contributed by atoms with Crippen molar-refractivity contribution in [3.8, 4) is 5.75 Å². The van der Waals surface area contributed by atoms with E-state index in [1.165, 1.54) is 12.1 Å². The summed E-state index contributed by atoms with van der Waals surface area (Å²) in [4.78, 5) is 11.1. The summed E-state index contributed by atoms with van der Waals surface area (Å²) in [7, 11) is 0. The Morgan fingerprint density at radius 2 is 2.08 bits per heavy atom. The molecule has 2 rings (SSSR count). The maximum atomic E-state index is 13.0. The first-order valence-electron chi connectivity index (χ1n) is 7.35. The van der Waals surface area contributed by atoms with Crippen LogP contribution in [0.15, 0.2) is 17.7 Å². The molecular weight excluding hydrogens is 347 g/mol. The van der Waals surface area contributed by atoms with Gasteiger partial charge in [0, 0.05) is 18.2 Å². The molecule has 1 aliphatic rings. The Bertz CT molecular complexity index is 671. The zero-order valence-electron chi connectivity index (χ0n) is 13.1. The van der Waals surface area contributed by atoms with Gasteiger partial charge in [-0.3, -0.25) is 0 Å². The first kappa shape index (κ1) is 18.4. The number of carbonyl (C=O) groups is 1. The van der Waals surface area contributed by atoms with Gasteiger partial charge in [-0.2, -0.15) is 13.2 Å². The lowest BCUT2D eigenvalue weighted by atomic mass is 10.0. The van der Waals surface area contributed by atoms with Gasteiger partial charge in [-0.05, 0) is 24.5 Å². The molecule has 1 heterocycles. The monoisotopic (exact) mass is 363 g/mol. The van der Waals surface area contributed by atoms with Gasteiger partial charge in [0.1, 0.15) is 5.75 Å². The molecule has 1 aliphatic heterocycles. The molecule has 24 heavy (non-hydrogen) atoms. The molecule has 0 aliphatic carbocycles. The average Bonchev–Trinajstić information content (AvgIpc) is 2.45. The van der Waals surface area contributed by atoms with E-state index in [-0.39, 0.29) is 16.3 Å². The van der Waals surface area contributed by atoms with E-state index in [0.29, 0.717) is 18.2 Å². The van der Waals surface area contributed by atoms with E-state index in [4.69, 9.17) is 21.4 Å². The fourth-order valence-electron chi connectivity index (χ4n) is 2.27. The summed E-state index contributed by atoms with van der Waals surface area (Å²) in [6.45, 7) is 4.70. The number of alkyl halides is 3. The third kappa shape index (κ3) is 4.14. The van der Waals surface area contributed by atoms with Gasteiger partial charge in [0.15, 0.2) is 0 Å². The molecule has 2 N–H and O–H groups in total. The normalized spacial score (nSPS) is 17.1. The van der Waals surface area contributed by atoms with Gasteiger partial charge in [-0.1, -0.05) is 25.4 Å². The molecular formula is C16H17ClF3NO3. The van der Waals surface area contributed by atoms with Crippen molar-refractivity contribution in [2.75, 3.05) is 11.9 Å².